The monoisotopic (exact) mass is 342 g/mol. The Bertz CT molecular complexity index is 648. The lowest BCUT2D eigenvalue weighted by atomic mass is 9.95. The van der Waals surface area contributed by atoms with Gasteiger partial charge in [0, 0.05) is 12.6 Å². The van der Waals surface area contributed by atoms with Crippen molar-refractivity contribution in [2.24, 2.45) is 0 Å². The van der Waals surface area contributed by atoms with Gasteiger partial charge in [0.1, 0.15) is 5.70 Å². The van der Waals surface area contributed by atoms with Gasteiger partial charge in [0.2, 0.25) is 0 Å². The van der Waals surface area contributed by atoms with Crippen molar-refractivity contribution in [3.63, 3.8) is 0 Å². The molecule has 1 amide bonds. The molecule has 0 saturated heterocycles. The van der Waals surface area contributed by atoms with Gasteiger partial charge in [-0.2, -0.15) is 0 Å². The van der Waals surface area contributed by atoms with Crippen LogP contribution >= 0.6 is 0 Å². The van der Waals surface area contributed by atoms with Crippen LogP contribution in [-0.2, 0) is 20.9 Å². The molecule has 2 aliphatic rings. The van der Waals surface area contributed by atoms with E-state index < -0.39 is 0 Å². The number of carbonyl (C=O) groups excluding carboxylic acids is 2. The Morgan fingerprint density at radius 2 is 1.92 bits per heavy atom. The van der Waals surface area contributed by atoms with E-state index in [1.165, 1.54) is 19.3 Å². The lowest BCUT2D eigenvalue weighted by Gasteiger charge is -2.24. The Kier molecular flexibility index (Phi) is 5.74. The maximum atomic E-state index is 12.9. The number of hydrogen-bond acceptors (Lipinski definition) is 4. The smallest absolute Gasteiger partial charge is 0.338 e. The molecule has 1 N–H and O–H groups in total. The van der Waals surface area contributed by atoms with Gasteiger partial charge in [-0.15, -0.1) is 0 Å². The highest BCUT2D eigenvalue weighted by atomic mass is 16.5. The van der Waals surface area contributed by atoms with E-state index in [4.69, 9.17) is 4.74 Å². The van der Waals surface area contributed by atoms with Crippen molar-refractivity contribution in [2.75, 3.05) is 13.2 Å². The summed E-state index contributed by atoms with van der Waals surface area (Å²) in [6.07, 6.45) is 5.68. The molecule has 1 aliphatic heterocycles. The fourth-order valence-electron chi connectivity index (χ4n) is 3.55. The molecule has 1 aliphatic carbocycles. The molecule has 25 heavy (non-hydrogen) atoms. The Labute approximate surface area is 149 Å². The third-order valence-corrected chi connectivity index (χ3v) is 4.84. The number of carbonyl (C=O) groups is 2. The zero-order valence-corrected chi connectivity index (χ0v) is 14.8. The minimum atomic E-state index is -0.385. The van der Waals surface area contributed by atoms with E-state index in [1.807, 2.05) is 30.3 Å². The van der Waals surface area contributed by atoms with Gasteiger partial charge in [-0.25, -0.2) is 4.79 Å². The summed E-state index contributed by atoms with van der Waals surface area (Å²) in [5, 5.41) is 3.36. The lowest BCUT2D eigenvalue weighted by Crippen LogP contribution is -2.36. The molecule has 1 fully saturated rings. The molecule has 134 valence electrons. The van der Waals surface area contributed by atoms with Crippen LogP contribution in [0.5, 0.6) is 0 Å². The molecular formula is C20H26N2O3. The van der Waals surface area contributed by atoms with Crippen molar-refractivity contribution in [1.29, 1.82) is 0 Å². The van der Waals surface area contributed by atoms with Crippen molar-refractivity contribution in [3.8, 4) is 0 Å². The molecule has 1 aromatic rings. The molecule has 1 aromatic carbocycles. The normalized spacial score (nSPS) is 18.6. The quantitative estimate of drug-likeness (QED) is 0.808. The predicted octanol–water partition coefficient (Wildman–Crippen LogP) is 2.77. The van der Waals surface area contributed by atoms with Gasteiger partial charge < -0.3 is 15.0 Å². The van der Waals surface area contributed by atoms with Gasteiger partial charge in [0.15, 0.2) is 0 Å². The summed E-state index contributed by atoms with van der Waals surface area (Å²) in [7, 11) is 0. The van der Waals surface area contributed by atoms with Gasteiger partial charge in [0.25, 0.3) is 5.91 Å². The number of benzene rings is 1. The van der Waals surface area contributed by atoms with E-state index in [0.717, 1.165) is 18.4 Å². The summed E-state index contributed by atoms with van der Waals surface area (Å²) in [6.45, 7) is 2.90. The fourth-order valence-corrected chi connectivity index (χ4v) is 3.55. The third kappa shape index (κ3) is 4.21. The standard InChI is InChI=1S/C20H26N2O3/c1-2-25-20(24)17-14-22(13-15-9-5-3-6-10-15)19(23)18(17)21-16-11-7-4-8-12-16/h3,5-6,9-10,16,21H,2,4,7-8,11-14H2,1H3. The minimum absolute atomic E-state index is 0.0996. The van der Waals surface area contributed by atoms with Gasteiger partial charge >= 0.3 is 5.97 Å². The molecule has 0 radical (unpaired) electrons. The lowest BCUT2D eigenvalue weighted by molar-refractivity contribution is -0.138. The Balaban J connectivity index is 1.76. The van der Waals surface area contributed by atoms with Crippen molar-refractivity contribution >= 4 is 11.9 Å². The first kappa shape index (κ1) is 17.5. The molecule has 0 unspecified atom stereocenters. The topological polar surface area (TPSA) is 58.6 Å². The van der Waals surface area contributed by atoms with E-state index in [9.17, 15) is 9.59 Å². The predicted molar refractivity (Wildman–Crippen MR) is 95.5 cm³/mol. The molecular weight excluding hydrogens is 316 g/mol. The van der Waals surface area contributed by atoms with Gasteiger partial charge in [-0.05, 0) is 25.3 Å². The molecule has 1 saturated carbocycles. The molecule has 5 heteroatoms. The van der Waals surface area contributed by atoms with Gasteiger partial charge in [-0.1, -0.05) is 49.6 Å². The maximum absolute atomic E-state index is 12.9. The highest BCUT2D eigenvalue weighted by Crippen LogP contribution is 2.24. The van der Waals surface area contributed by atoms with E-state index >= 15 is 0 Å². The summed E-state index contributed by atoms with van der Waals surface area (Å²) in [5.74, 6) is -0.484. The molecule has 0 bridgehead atoms. The molecule has 3 rings (SSSR count). The second kappa shape index (κ2) is 8.19. The fraction of sp³-hybridized carbons (Fsp3) is 0.500. The van der Waals surface area contributed by atoms with E-state index in [-0.39, 0.29) is 17.9 Å². The van der Waals surface area contributed by atoms with E-state index in [1.54, 1.807) is 11.8 Å². The van der Waals surface area contributed by atoms with E-state index in [0.29, 0.717) is 31.0 Å². The van der Waals surface area contributed by atoms with Crippen LogP contribution < -0.4 is 5.32 Å². The van der Waals surface area contributed by atoms with Crippen molar-refractivity contribution in [2.45, 2.75) is 51.6 Å². The molecule has 0 aromatic heterocycles. The second-order valence-corrected chi connectivity index (χ2v) is 6.70. The minimum Gasteiger partial charge on any atom is -0.463 e. The first-order valence-electron chi connectivity index (χ1n) is 9.19. The second-order valence-electron chi connectivity index (χ2n) is 6.70. The summed E-state index contributed by atoms with van der Waals surface area (Å²) >= 11 is 0. The first-order chi connectivity index (χ1) is 12.2. The number of hydrogen-bond donors (Lipinski definition) is 1. The Morgan fingerprint density at radius 1 is 1.20 bits per heavy atom. The molecule has 5 nitrogen and oxygen atoms in total. The van der Waals surface area contributed by atoms with Crippen LogP contribution in [0, 0.1) is 0 Å². The maximum Gasteiger partial charge on any atom is 0.338 e. The van der Waals surface area contributed by atoms with E-state index in [2.05, 4.69) is 5.32 Å². The van der Waals surface area contributed by atoms with Crippen molar-refractivity contribution in [3.05, 3.63) is 47.2 Å². The average Bonchev–Trinajstić information content (AvgIpc) is 2.93. The van der Waals surface area contributed by atoms with Crippen LogP contribution in [-0.4, -0.2) is 36.0 Å². The summed E-state index contributed by atoms with van der Waals surface area (Å²) in [4.78, 5) is 27.0. The highest BCUT2D eigenvalue weighted by molar-refractivity contribution is 6.06. The number of amides is 1. The number of ether oxygens (including phenoxy) is 1. The number of nitrogens with zero attached hydrogens (tertiary/aromatic N) is 1. The van der Waals surface area contributed by atoms with Crippen LogP contribution in [0.25, 0.3) is 0 Å². The van der Waals surface area contributed by atoms with Crippen LogP contribution in [0.2, 0.25) is 0 Å². The largest absolute Gasteiger partial charge is 0.463 e. The summed E-state index contributed by atoms with van der Waals surface area (Å²) < 4.78 is 5.18. The SMILES string of the molecule is CCOC(=O)C1=C(NC2CCCCC2)C(=O)N(Cc2ccccc2)C1. The van der Waals surface area contributed by atoms with Crippen LogP contribution in [0.15, 0.2) is 41.6 Å². The summed E-state index contributed by atoms with van der Waals surface area (Å²) in [5.41, 5.74) is 1.97. The molecule has 0 spiro atoms. The molecule has 0 atom stereocenters. The van der Waals surface area contributed by atoms with Gasteiger partial charge in [0.05, 0.1) is 18.7 Å². The van der Waals surface area contributed by atoms with Crippen LogP contribution in [0.1, 0.15) is 44.6 Å². The summed E-state index contributed by atoms with van der Waals surface area (Å²) in [6, 6.07) is 10.1. The third-order valence-electron chi connectivity index (χ3n) is 4.84. The highest BCUT2D eigenvalue weighted by Gasteiger charge is 2.35. The Morgan fingerprint density at radius 3 is 2.60 bits per heavy atom. The first-order valence-corrected chi connectivity index (χ1v) is 9.19. The number of nitrogens with one attached hydrogen (secondary N) is 1. The zero-order valence-electron chi connectivity index (χ0n) is 14.8. The van der Waals surface area contributed by atoms with Crippen LogP contribution in [0.4, 0.5) is 0 Å². The Hall–Kier alpha value is -2.30. The number of rotatable bonds is 6. The zero-order chi connectivity index (χ0) is 17.6. The average molecular weight is 342 g/mol. The number of esters is 1. The molecule has 1 heterocycles. The van der Waals surface area contributed by atoms with Crippen molar-refractivity contribution in [1.82, 2.24) is 10.2 Å². The van der Waals surface area contributed by atoms with Crippen LogP contribution in [0.3, 0.4) is 0 Å². The van der Waals surface area contributed by atoms with Crippen molar-refractivity contribution < 1.29 is 14.3 Å². The van der Waals surface area contributed by atoms with Gasteiger partial charge in [-0.3, -0.25) is 4.79 Å².